The normalized spacial score (nSPS) is 15.1. The number of benzene rings is 1. The topological polar surface area (TPSA) is 55.0 Å². The summed E-state index contributed by atoms with van der Waals surface area (Å²) in [6, 6.07) is 5.77. The standard InChI is InChI=1S/C13H16N4/c1-17(7-9-2-3-9)13-11-6-10(14)4-5-12(11)15-8-16-13/h4-6,8-9H,2-3,7,14H2,1H3. The monoisotopic (exact) mass is 228 g/mol. The first-order valence-electron chi connectivity index (χ1n) is 5.95. The highest BCUT2D eigenvalue weighted by Crippen LogP contribution is 2.32. The molecule has 0 saturated heterocycles. The molecule has 17 heavy (non-hydrogen) atoms. The Kier molecular flexibility index (Phi) is 2.35. The fourth-order valence-electron chi connectivity index (χ4n) is 2.14. The van der Waals surface area contributed by atoms with E-state index in [4.69, 9.17) is 5.73 Å². The van der Waals surface area contributed by atoms with Crippen LogP contribution in [0.15, 0.2) is 24.5 Å². The molecule has 1 aromatic carbocycles. The van der Waals surface area contributed by atoms with E-state index in [1.807, 2.05) is 18.2 Å². The van der Waals surface area contributed by atoms with Crippen molar-refractivity contribution in [2.24, 2.45) is 5.92 Å². The van der Waals surface area contributed by atoms with Gasteiger partial charge in [-0.2, -0.15) is 0 Å². The molecular formula is C13H16N4. The van der Waals surface area contributed by atoms with Gasteiger partial charge < -0.3 is 10.6 Å². The van der Waals surface area contributed by atoms with Crippen molar-refractivity contribution in [3.63, 3.8) is 0 Å². The summed E-state index contributed by atoms with van der Waals surface area (Å²) >= 11 is 0. The molecule has 3 rings (SSSR count). The second-order valence-corrected chi connectivity index (χ2v) is 4.80. The van der Waals surface area contributed by atoms with E-state index in [1.165, 1.54) is 12.8 Å². The Morgan fingerprint density at radius 3 is 2.94 bits per heavy atom. The van der Waals surface area contributed by atoms with E-state index in [9.17, 15) is 0 Å². The molecule has 4 nitrogen and oxygen atoms in total. The van der Waals surface area contributed by atoms with Crippen LogP contribution in [0.1, 0.15) is 12.8 Å². The number of anilines is 2. The SMILES string of the molecule is CN(CC1CC1)c1ncnc2ccc(N)cc12. The van der Waals surface area contributed by atoms with E-state index in [-0.39, 0.29) is 0 Å². The number of fused-ring (bicyclic) bond motifs is 1. The molecule has 1 aromatic heterocycles. The third kappa shape index (κ3) is 2.02. The van der Waals surface area contributed by atoms with E-state index in [2.05, 4.69) is 21.9 Å². The molecule has 88 valence electrons. The first kappa shape index (κ1) is 10.3. The Balaban J connectivity index is 2.04. The van der Waals surface area contributed by atoms with Crippen LogP contribution in [-0.4, -0.2) is 23.6 Å². The Morgan fingerprint density at radius 1 is 1.35 bits per heavy atom. The average molecular weight is 228 g/mol. The largest absolute Gasteiger partial charge is 0.399 e. The van der Waals surface area contributed by atoms with Gasteiger partial charge in [-0.05, 0) is 37.0 Å². The molecule has 2 aromatic rings. The molecule has 0 amide bonds. The van der Waals surface area contributed by atoms with Gasteiger partial charge in [-0.3, -0.25) is 0 Å². The molecule has 1 saturated carbocycles. The fraction of sp³-hybridized carbons (Fsp3) is 0.385. The highest BCUT2D eigenvalue weighted by atomic mass is 15.2. The Labute approximate surface area is 100 Å². The van der Waals surface area contributed by atoms with Gasteiger partial charge in [-0.15, -0.1) is 0 Å². The summed E-state index contributed by atoms with van der Waals surface area (Å²) in [6.45, 7) is 1.07. The number of rotatable bonds is 3. The maximum Gasteiger partial charge on any atom is 0.139 e. The third-order valence-electron chi connectivity index (χ3n) is 3.23. The molecule has 1 aliphatic carbocycles. The van der Waals surface area contributed by atoms with Crippen molar-refractivity contribution in [3.05, 3.63) is 24.5 Å². The van der Waals surface area contributed by atoms with Crippen LogP contribution < -0.4 is 10.6 Å². The van der Waals surface area contributed by atoms with Gasteiger partial charge in [0.15, 0.2) is 0 Å². The molecule has 1 fully saturated rings. The zero-order valence-corrected chi connectivity index (χ0v) is 9.93. The quantitative estimate of drug-likeness (QED) is 0.817. The summed E-state index contributed by atoms with van der Waals surface area (Å²) in [5, 5.41) is 1.04. The number of nitrogens with zero attached hydrogens (tertiary/aromatic N) is 3. The molecular weight excluding hydrogens is 212 g/mol. The highest BCUT2D eigenvalue weighted by Gasteiger charge is 2.24. The number of hydrogen-bond donors (Lipinski definition) is 1. The minimum Gasteiger partial charge on any atom is -0.399 e. The predicted molar refractivity (Wildman–Crippen MR) is 69.9 cm³/mol. The molecule has 2 N–H and O–H groups in total. The van der Waals surface area contributed by atoms with E-state index in [1.54, 1.807) is 6.33 Å². The Morgan fingerprint density at radius 2 is 2.18 bits per heavy atom. The van der Waals surface area contributed by atoms with Crippen molar-refractivity contribution in [2.45, 2.75) is 12.8 Å². The van der Waals surface area contributed by atoms with E-state index in [0.29, 0.717) is 0 Å². The van der Waals surface area contributed by atoms with E-state index in [0.717, 1.165) is 34.9 Å². The summed E-state index contributed by atoms with van der Waals surface area (Å²) < 4.78 is 0. The van der Waals surface area contributed by atoms with Crippen molar-refractivity contribution in [1.82, 2.24) is 9.97 Å². The number of hydrogen-bond acceptors (Lipinski definition) is 4. The summed E-state index contributed by atoms with van der Waals surface area (Å²) in [5.41, 5.74) is 7.54. The van der Waals surface area contributed by atoms with Crippen LogP contribution in [0, 0.1) is 5.92 Å². The molecule has 1 aliphatic rings. The first-order valence-corrected chi connectivity index (χ1v) is 5.95. The van der Waals surface area contributed by atoms with Crippen LogP contribution in [0.4, 0.5) is 11.5 Å². The van der Waals surface area contributed by atoms with Gasteiger partial charge in [-0.25, -0.2) is 9.97 Å². The van der Waals surface area contributed by atoms with Gasteiger partial charge >= 0.3 is 0 Å². The molecule has 1 heterocycles. The van der Waals surface area contributed by atoms with Crippen LogP contribution in [0.5, 0.6) is 0 Å². The first-order chi connectivity index (χ1) is 8.24. The highest BCUT2D eigenvalue weighted by molar-refractivity contribution is 5.91. The molecule has 0 spiro atoms. The van der Waals surface area contributed by atoms with Gasteiger partial charge in [0.1, 0.15) is 12.1 Å². The lowest BCUT2D eigenvalue weighted by atomic mass is 10.2. The lowest BCUT2D eigenvalue weighted by molar-refractivity contribution is 0.779. The fourth-order valence-corrected chi connectivity index (χ4v) is 2.14. The third-order valence-corrected chi connectivity index (χ3v) is 3.23. The van der Waals surface area contributed by atoms with Gasteiger partial charge in [0.2, 0.25) is 0 Å². The maximum atomic E-state index is 5.83. The van der Waals surface area contributed by atoms with Crippen molar-refractivity contribution in [3.8, 4) is 0 Å². The number of nitrogens with two attached hydrogens (primary N) is 1. The van der Waals surface area contributed by atoms with Crippen LogP contribution >= 0.6 is 0 Å². The van der Waals surface area contributed by atoms with Crippen LogP contribution in [0.25, 0.3) is 10.9 Å². The van der Waals surface area contributed by atoms with Crippen LogP contribution in [0.3, 0.4) is 0 Å². The van der Waals surface area contributed by atoms with E-state index >= 15 is 0 Å². The zero-order valence-electron chi connectivity index (χ0n) is 9.93. The van der Waals surface area contributed by atoms with E-state index < -0.39 is 0 Å². The number of nitrogen functional groups attached to an aromatic ring is 1. The minimum absolute atomic E-state index is 0.758. The van der Waals surface area contributed by atoms with Crippen molar-refractivity contribution < 1.29 is 0 Å². The summed E-state index contributed by atoms with van der Waals surface area (Å²) in [7, 11) is 2.09. The lowest BCUT2D eigenvalue weighted by Crippen LogP contribution is -2.21. The second-order valence-electron chi connectivity index (χ2n) is 4.80. The van der Waals surface area contributed by atoms with Crippen LogP contribution in [0.2, 0.25) is 0 Å². The van der Waals surface area contributed by atoms with Gasteiger partial charge in [-0.1, -0.05) is 0 Å². The van der Waals surface area contributed by atoms with Crippen molar-refractivity contribution in [1.29, 1.82) is 0 Å². The Hall–Kier alpha value is -1.84. The van der Waals surface area contributed by atoms with Crippen molar-refractivity contribution in [2.75, 3.05) is 24.2 Å². The Bertz CT molecular complexity index is 548. The molecule has 0 aliphatic heterocycles. The summed E-state index contributed by atoms with van der Waals surface area (Å²) in [4.78, 5) is 10.9. The predicted octanol–water partition coefficient (Wildman–Crippen LogP) is 2.06. The zero-order chi connectivity index (χ0) is 11.8. The summed E-state index contributed by atoms with van der Waals surface area (Å²) in [6.07, 6.45) is 4.31. The van der Waals surface area contributed by atoms with Crippen LogP contribution in [-0.2, 0) is 0 Å². The molecule has 4 heteroatoms. The van der Waals surface area contributed by atoms with Gasteiger partial charge in [0, 0.05) is 24.7 Å². The molecule has 0 atom stereocenters. The average Bonchev–Trinajstić information content (AvgIpc) is 3.12. The second kappa shape index (κ2) is 3.87. The minimum atomic E-state index is 0.758. The van der Waals surface area contributed by atoms with Gasteiger partial charge in [0.05, 0.1) is 5.52 Å². The smallest absolute Gasteiger partial charge is 0.139 e. The summed E-state index contributed by atoms with van der Waals surface area (Å²) in [5.74, 6) is 1.82. The molecule has 0 radical (unpaired) electrons. The van der Waals surface area contributed by atoms with Gasteiger partial charge in [0.25, 0.3) is 0 Å². The lowest BCUT2D eigenvalue weighted by Gasteiger charge is -2.19. The molecule has 0 unspecified atom stereocenters. The van der Waals surface area contributed by atoms with Crippen molar-refractivity contribution >= 4 is 22.4 Å². The number of aromatic nitrogens is 2. The maximum absolute atomic E-state index is 5.83. The molecule has 0 bridgehead atoms.